The van der Waals surface area contributed by atoms with Crippen molar-refractivity contribution in [1.29, 1.82) is 0 Å². The van der Waals surface area contributed by atoms with Gasteiger partial charge in [-0.1, -0.05) is 6.07 Å². The van der Waals surface area contributed by atoms with Crippen molar-refractivity contribution in [3.8, 4) is 0 Å². The Labute approximate surface area is 105 Å². The van der Waals surface area contributed by atoms with Crippen LogP contribution in [0.15, 0.2) is 24.4 Å². The SMILES string of the molecule is Cn1cc2ccc(C(=O)N3CCOCC3)cc2n1. The molecule has 5 nitrogen and oxygen atoms in total. The predicted molar refractivity (Wildman–Crippen MR) is 67.4 cm³/mol. The number of hydrogen-bond donors (Lipinski definition) is 0. The fraction of sp³-hybridized carbons (Fsp3) is 0.385. The second-order valence-electron chi connectivity index (χ2n) is 4.48. The molecular formula is C13H15N3O2. The minimum atomic E-state index is 0.0610. The molecular weight excluding hydrogens is 230 g/mol. The highest BCUT2D eigenvalue weighted by atomic mass is 16.5. The number of ether oxygens (including phenoxy) is 1. The standard InChI is InChI=1S/C13H15N3O2/c1-15-9-11-3-2-10(8-12(11)14-15)13(17)16-4-6-18-7-5-16/h2-3,8-9H,4-7H2,1H3. The van der Waals surface area contributed by atoms with E-state index in [4.69, 9.17) is 4.74 Å². The zero-order chi connectivity index (χ0) is 12.5. The van der Waals surface area contributed by atoms with E-state index in [0.29, 0.717) is 31.9 Å². The summed E-state index contributed by atoms with van der Waals surface area (Å²) in [5.41, 5.74) is 1.56. The number of rotatable bonds is 1. The number of hydrogen-bond acceptors (Lipinski definition) is 3. The summed E-state index contributed by atoms with van der Waals surface area (Å²) in [6.45, 7) is 2.58. The summed E-state index contributed by atoms with van der Waals surface area (Å²) in [5, 5.41) is 5.37. The molecule has 1 amide bonds. The normalized spacial score (nSPS) is 16.2. The Hall–Kier alpha value is -1.88. The number of benzene rings is 1. The van der Waals surface area contributed by atoms with E-state index in [9.17, 15) is 4.79 Å². The van der Waals surface area contributed by atoms with Gasteiger partial charge in [-0.2, -0.15) is 5.10 Å². The fourth-order valence-corrected chi connectivity index (χ4v) is 2.22. The van der Waals surface area contributed by atoms with Gasteiger partial charge in [-0.25, -0.2) is 0 Å². The Bertz CT molecular complexity index is 585. The van der Waals surface area contributed by atoms with Gasteiger partial charge >= 0.3 is 0 Å². The van der Waals surface area contributed by atoms with Crippen LogP contribution in [0.25, 0.3) is 10.9 Å². The first kappa shape index (κ1) is 11.2. The summed E-state index contributed by atoms with van der Waals surface area (Å²) in [4.78, 5) is 14.1. The molecule has 0 radical (unpaired) electrons. The van der Waals surface area contributed by atoms with E-state index in [2.05, 4.69) is 5.10 Å². The molecule has 0 spiro atoms. The topological polar surface area (TPSA) is 47.4 Å². The largest absolute Gasteiger partial charge is 0.378 e. The fourth-order valence-electron chi connectivity index (χ4n) is 2.22. The highest BCUT2D eigenvalue weighted by Gasteiger charge is 2.18. The van der Waals surface area contributed by atoms with Crippen LogP contribution in [0.5, 0.6) is 0 Å². The van der Waals surface area contributed by atoms with Gasteiger partial charge in [0.2, 0.25) is 0 Å². The number of carbonyl (C=O) groups excluding carboxylic acids is 1. The van der Waals surface area contributed by atoms with Crippen molar-refractivity contribution in [1.82, 2.24) is 14.7 Å². The lowest BCUT2D eigenvalue weighted by Gasteiger charge is -2.26. The van der Waals surface area contributed by atoms with E-state index in [0.717, 1.165) is 10.9 Å². The lowest BCUT2D eigenvalue weighted by molar-refractivity contribution is 0.0303. The molecule has 0 N–H and O–H groups in total. The Kier molecular flexibility index (Phi) is 2.76. The lowest BCUT2D eigenvalue weighted by Crippen LogP contribution is -2.40. The average molecular weight is 245 g/mol. The summed E-state index contributed by atoms with van der Waals surface area (Å²) < 4.78 is 7.01. The van der Waals surface area contributed by atoms with Gasteiger partial charge in [0.15, 0.2) is 0 Å². The van der Waals surface area contributed by atoms with Crippen molar-refractivity contribution < 1.29 is 9.53 Å². The molecule has 5 heteroatoms. The summed E-state index contributed by atoms with van der Waals surface area (Å²) in [7, 11) is 1.88. The maximum Gasteiger partial charge on any atom is 0.254 e. The molecule has 0 unspecified atom stereocenters. The van der Waals surface area contributed by atoms with Crippen LogP contribution in [0, 0.1) is 0 Å². The Morgan fingerprint density at radius 3 is 2.89 bits per heavy atom. The monoisotopic (exact) mass is 245 g/mol. The zero-order valence-electron chi connectivity index (χ0n) is 10.3. The van der Waals surface area contributed by atoms with Crippen LogP contribution < -0.4 is 0 Å². The first-order chi connectivity index (χ1) is 8.74. The molecule has 94 valence electrons. The van der Waals surface area contributed by atoms with Gasteiger partial charge in [0.1, 0.15) is 0 Å². The van der Waals surface area contributed by atoms with Gasteiger partial charge in [0.25, 0.3) is 5.91 Å². The van der Waals surface area contributed by atoms with Gasteiger partial charge in [0.05, 0.1) is 18.7 Å². The van der Waals surface area contributed by atoms with E-state index >= 15 is 0 Å². The zero-order valence-corrected chi connectivity index (χ0v) is 10.3. The molecule has 1 aromatic carbocycles. The number of aromatic nitrogens is 2. The molecule has 1 fully saturated rings. The van der Waals surface area contributed by atoms with Gasteiger partial charge in [-0.3, -0.25) is 9.48 Å². The summed E-state index contributed by atoms with van der Waals surface area (Å²) in [6.07, 6.45) is 1.94. The molecule has 1 aliphatic heterocycles. The van der Waals surface area contributed by atoms with Crippen LogP contribution in [0.3, 0.4) is 0 Å². The molecule has 1 saturated heterocycles. The van der Waals surface area contributed by atoms with E-state index in [-0.39, 0.29) is 5.91 Å². The second kappa shape index (κ2) is 4.42. The van der Waals surface area contributed by atoms with Crippen LogP contribution in [-0.2, 0) is 11.8 Å². The first-order valence-electron chi connectivity index (χ1n) is 6.04. The molecule has 0 aliphatic carbocycles. The molecule has 1 aromatic heterocycles. The van der Waals surface area contributed by atoms with E-state index in [1.54, 1.807) is 4.68 Å². The maximum atomic E-state index is 12.3. The van der Waals surface area contributed by atoms with Crippen LogP contribution in [0.2, 0.25) is 0 Å². The van der Waals surface area contributed by atoms with Gasteiger partial charge in [0, 0.05) is 37.3 Å². The molecule has 0 atom stereocenters. The number of amides is 1. The molecule has 2 aromatic rings. The quantitative estimate of drug-likeness (QED) is 0.754. The minimum absolute atomic E-state index is 0.0610. The predicted octanol–water partition coefficient (Wildman–Crippen LogP) is 1.05. The number of carbonyl (C=O) groups is 1. The molecule has 2 heterocycles. The maximum absolute atomic E-state index is 12.3. The number of morpholine rings is 1. The van der Waals surface area contributed by atoms with Crippen LogP contribution in [0.1, 0.15) is 10.4 Å². The van der Waals surface area contributed by atoms with Gasteiger partial charge < -0.3 is 9.64 Å². The third kappa shape index (κ3) is 1.97. The van der Waals surface area contributed by atoms with Crippen LogP contribution in [-0.4, -0.2) is 46.9 Å². The highest BCUT2D eigenvalue weighted by molar-refractivity contribution is 5.97. The summed E-state index contributed by atoms with van der Waals surface area (Å²) >= 11 is 0. The number of aryl methyl sites for hydroxylation is 1. The molecule has 0 saturated carbocycles. The highest BCUT2D eigenvalue weighted by Crippen LogP contribution is 2.16. The second-order valence-corrected chi connectivity index (χ2v) is 4.48. The number of fused-ring (bicyclic) bond motifs is 1. The van der Waals surface area contributed by atoms with Crippen molar-refractivity contribution in [3.05, 3.63) is 30.0 Å². The van der Waals surface area contributed by atoms with Gasteiger partial charge in [-0.15, -0.1) is 0 Å². The van der Waals surface area contributed by atoms with Crippen LogP contribution in [0.4, 0.5) is 0 Å². The Morgan fingerprint density at radius 1 is 1.33 bits per heavy atom. The Morgan fingerprint density at radius 2 is 2.11 bits per heavy atom. The average Bonchev–Trinajstić information content (AvgIpc) is 2.78. The summed E-state index contributed by atoms with van der Waals surface area (Å²) in [5.74, 6) is 0.0610. The summed E-state index contributed by atoms with van der Waals surface area (Å²) in [6, 6.07) is 5.66. The third-order valence-electron chi connectivity index (χ3n) is 3.17. The molecule has 3 rings (SSSR count). The van der Waals surface area contributed by atoms with E-state index < -0.39 is 0 Å². The molecule has 18 heavy (non-hydrogen) atoms. The van der Waals surface area contributed by atoms with Crippen molar-refractivity contribution in [3.63, 3.8) is 0 Å². The van der Waals surface area contributed by atoms with Crippen molar-refractivity contribution in [2.75, 3.05) is 26.3 Å². The van der Waals surface area contributed by atoms with Crippen molar-refractivity contribution in [2.45, 2.75) is 0 Å². The smallest absolute Gasteiger partial charge is 0.254 e. The first-order valence-corrected chi connectivity index (χ1v) is 6.04. The van der Waals surface area contributed by atoms with Crippen molar-refractivity contribution >= 4 is 16.8 Å². The molecule has 0 bridgehead atoms. The van der Waals surface area contributed by atoms with E-state index in [1.807, 2.05) is 36.3 Å². The van der Waals surface area contributed by atoms with E-state index in [1.165, 1.54) is 0 Å². The third-order valence-corrected chi connectivity index (χ3v) is 3.17. The van der Waals surface area contributed by atoms with Gasteiger partial charge in [-0.05, 0) is 12.1 Å². The van der Waals surface area contributed by atoms with Crippen LogP contribution >= 0.6 is 0 Å². The number of nitrogens with zero attached hydrogens (tertiary/aromatic N) is 3. The lowest BCUT2D eigenvalue weighted by atomic mass is 10.1. The van der Waals surface area contributed by atoms with Crippen molar-refractivity contribution in [2.24, 2.45) is 7.05 Å². The minimum Gasteiger partial charge on any atom is -0.378 e. The Balaban J connectivity index is 1.90. The molecule has 1 aliphatic rings.